The summed E-state index contributed by atoms with van der Waals surface area (Å²) < 4.78 is 15.5. The third-order valence-corrected chi connectivity index (χ3v) is 8.88. The predicted molar refractivity (Wildman–Crippen MR) is 184 cm³/mol. The van der Waals surface area contributed by atoms with Gasteiger partial charge in [-0.2, -0.15) is 15.2 Å². The molecule has 0 aliphatic carbocycles. The fourth-order valence-corrected chi connectivity index (χ4v) is 6.82. The van der Waals surface area contributed by atoms with Crippen molar-refractivity contribution in [2.75, 3.05) is 0 Å². The maximum Gasteiger partial charge on any atom is 0.238 e. The zero-order valence-corrected chi connectivity index (χ0v) is 24.7. The minimum atomic E-state index is 0.464. The van der Waals surface area contributed by atoms with Gasteiger partial charge in [0.2, 0.25) is 5.95 Å². The number of nitriles is 1. The van der Waals surface area contributed by atoms with Crippen LogP contribution in [0.1, 0.15) is 5.56 Å². The molecule has 4 heterocycles. The van der Waals surface area contributed by atoms with E-state index in [4.69, 9.17) is 23.8 Å². The first kappa shape index (κ1) is 25.5. The molecular formula is C40H21N5O2. The van der Waals surface area contributed by atoms with Crippen LogP contribution in [0.3, 0.4) is 0 Å². The van der Waals surface area contributed by atoms with Crippen molar-refractivity contribution in [1.82, 2.24) is 19.5 Å². The van der Waals surface area contributed by atoms with Gasteiger partial charge in [-0.3, -0.25) is 4.57 Å². The van der Waals surface area contributed by atoms with Gasteiger partial charge >= 0.3 is 0 Å². The Morgan fingerprint density at radius 3 is 1.70 bits per heavy atom. The summed E-state index contributed by atoms with van der Waals surface area (Å²) in [5, 5.41) is 15.3. The molecular weight excluding hydrogens is 582 g/mol. The predicted octanol–water partition coefficient (Wildman–Crippen LogP) is 9.97. The monoisotopic (exact) mass is 603 g/mol. The molecule has 7 nitrogen and oxygen atoms in total. The number of fused-ring (bicyclic) bond motifs is 12. The van der Waals surface area contributed by atoms with E-state index in [1.165, 1.54) is 0 Å². The van der Waals surface area contributed by atoms with Gasteiger partial charge in [0.05, 0.1) is 38.8 Å². The van der Waals surface area contributed by atoms with Crippen molar-refractivity contribution < 1.29 is 8.83 Å². The Morgan fingerprint density at radius 1 is 0.511 bits per heavy atom. The Kier molecular flexibility index (Phi) is 5.22. The summed E-state index contributed by atoms with van der Waals surface area (Å²) in [6.45, 7) is 0. The highest BCUT2D eigenvalue weighted by Crippen LogP contribution is 2.48. The van der Waals surface area contributed by atoms with E-state index < -0.39 is 0 Å². The lowest BCUT2D eigenvalue weighted by Gasteiger charge is -2.11. The van der Waals surface area contributed by atoms with E-state index in [9.17, 15) is 5.26 Å². The van der Waals surface area contributed by atoms with Crippen molar-refractivity contribution in [3.8, 4) is 34.8 Å². The highest BCUT2D eigenvalue weighted by atomic mass is 16.3. The quantitative estimate of drug-likeness (QED) is 0.199. The minimum Gasteiger partial charge on any atom is -0.455 e. The maximum atomic E-state index is 9.42. The van der Waals surface area contributed by atoms with Gasteiger partial charge in [0.25, 0.3) is 0 Å². The molecule has 0 fully saturated rings. The summed E-state index contributed by atoms with van der Waals surface area (Å²) in [5.41, 5.74) is 7.14. The van der Waals surface area contributed by atoms with Crippen LogP contribution in [0.15, 0.2) is 136 Å². The van der Waals surface area contributed by atoms with E-state index >= 15 is 0 Å². The van der Waals surface area contributed by atoms with E-state index in [0.717, 1.165) is 76.8 Å². The number of aromatic nitrogens is 4. The van der Waals surface area contributed by atoms with E-state index in [-0.39, 0.29) is 0 Å². The second kappa shape index (κ2) is 9.61. The molecule has 0 aliphatic rings. The van der Waals surface area contributed by atoms with Gasteiger partial charge in [0, 0.05) is 27.3 Å². The first-order valence-electron chi connectivity index (χ1n) is 15.3. The van der Waals surface area contributed by atoms with E-state index in [0.29, 0.717) is 23.2 Å². The minimum absolute atomic E-state index is 0.464. The lowest BCUT2D eigenvalue weighted by molar-refractivity contribution is 0.665. The molecule has 0 atom stereocenters. The topological polar surface area (TPSA) is 93.7 Å². The van der Waals surface area contributed by atoms with Crippen molar-refractivity contribution >= 4 is 65.7 Å². The van der Waals surface area contributed by atoms with Crippen LogP contribution in [-0.2, 0) is 0 Å². The number of benzene rings is 6. The summed E-state index contributed by atoms with van der Waals surface area (Å²) in [4.78, 5) is 15.2. The Morgan fingerprint density at radius 2 is 1.04 bits per heavy atom. The molecule has 0 amide bonds. The van der Waals surface area contributed by atoms with Crippen molar-refractivity contribution in [1.29, 1.82) is 5.26 Å². The summed E-state index contributed by atoms with van der Waals surface area (Å²) in [6.07, 6.45) is 0. The number of hydrogen-bond donors (Lipinski definition) is 0. The zero-order valence-electron chi connectivity index (χ0n) is 24.7. The van der Waals surface area contributed by atoms with Gasteiger partial charge in [-0.25, -0.2) is 4.98 Å². The molecule has 7 heteroatoms. The molecule has 0 saturated carbocycles. The molecule has 0 bridgehead atoms. The fraction of sp³-hybridized carbons (Fsp3) is 0. The van der Waals surface area contributed by atoms with E-state index in [1.54, 1.807) is 12.1 Å². The molecule has 0 radical (unpaired) electrons. The number of furan rings is 2. The second-order valence-corrected chi connectivity index (χ2v) is 11.5. The van der Waals surface area contributed by atoms with Crippen molar-refractivity contribution in [2.45, 2.75) is 0 Å². The first-order chi connectivity index (χ1) is 23.3. The first-order valence-corrected chi connectivity index (χ1v) is 15.3. The van der Waals surface area contributed by atoms with Crippen LogP contribution >= 0.6 is 0 Å². The zero-order chi connectivity index (χ0) is 31.1. The van der Waals surface area contributed by atoms with Crippen LogP contribution in [0.2, 0.25) is 0 Å². The molecule has 10 aromatic rings. The van der Waals surface area contributed by atoms with Gasteiger partial charge in [-0.15, -0.1) is 0 Å². The lowest BCUT2D eigenvalue weighted by Crippen LogP contribution is -2.06. The highest BCUT2D eigenvalue weighted by molar-refractivity contribution is 6.37. The van der Waals surface area contributed by atoms with Gasteiger partial charge in [-0.05, 0) is 42.5 Å². The largest absolute Gasteiger partial charge is 0.455 e. The van der Waals surface area contributed by atoms with E-state index in [2.05, 4.69) is 34.9 Å². The maximum absolute atomic E-state index is 9.42. The van der Waals surface area contributed by atoms with Gasteiger partial charge < -0.3 is 8.83 Å². The Balaban J connectivity index is 1.42. The molecule has 218 valence electrons. The Bertz CT molecular complexity index is 2880. The Hall–Kier alpha value is -6.78. The lowest BCUT2D eigenvalue weighted by atomic mass is 10.0. The number of para-hydroxylation sites is 3. The van der Waals surface area contributed by atoms with Crippen LogP contribution in [0.25, 0.3) is 94.4 Å². The van der Waals surface area contributed by atoms with Crippen LogP contribution in [0.4, 0.5) is 0 Å². The van der Waals surface area contributed by atoms with Crippen LogP contribution < -0.4 is 0 Å². The number of hydrogen-bond acceptors (Lipinski definition) is 6. The Labute approximate surface area is 266 Å². The molecule has 47 heavy (non-hydrogen) atoms. The molecule has 0 spiro atoms. The highest BCUT2D eigenvalue weighted by Gasteiger charge is 2.27. The van der Waals surface area contributed by atoms with Crippen molar-refractivity contribution in [3.63, 3.8) is 0 Å². The molecule has 6 aromatic carbocycles. The van der Waals surface area contributed by atoms with Crippen molar-refractivity contribution in [2.24, 2.45) is 0 Å². The summed E-state index contributed by atoms with van der Waals surface area (Å²) in [7, 11) is 0. The average molecular weight is 604 g/mol. The summed E-state index contributed by atoms with van der Waals surface area (Å²) in [5.74, 6) is 1.51. The normalized spacial score (nSPS) is 11.8. The van der Waals surface area contributed by atoms with Crippen molar-refractivity contribution in [3.05, 3.63) is 133 Å². The van der Waals surface area contributed by atoms with Gasteiger partial charge in [0.1, 0.15) is 22.3 Å². The van der Waals surface area contributed by atoms with Crippen LogP contribution in [0, 0.1) is 11.3 Å². The summed E-state index contributed by atoms with van der Waals surface area (Å²) in [6, 6.07) is 43.9. The molecule has 0 N–H and O–H groups in total. The molecule has 0 unspecified atom stereocenters. The van der Waals surface area contributed by atoms with Gasteiger partial charge in [0.15, 0.2) is 11.6 Å². The summed E-state index contributed by atoms with van der Waals surface area (Å²) >= 11 is 0. The third kappa shape index (κ3) is 3.64. The number of rotatable bonds is 3. The van der Waals surface area contributed by atoms with Crippen LogP contribution in [0.5, 0.6) is 0 Å². The molecule has 0 aliphatic heterocycles. The third-order valence-electron chi connectivity index (χ3n) is 8.88. The molecule has 10 rings (SSSR count). The average Bonchev–Trinajstić information content (AvgIpc) is 3.81. The molecule has 4 aromatic heterocycles. The smallest absolute Gasteiger partial charge is 0.238 e. The number of nitrogens with zero attached hydrogens (tertiary/aromatic N) is 5. The standard InChI is InChI=1S/C40H21N5O2/c41-22-23-18-20-25(21-19-23)39-42-38(24-10-2-1-3-11-24)43-40(44-39)45-29-15-7-4-12-26(29)32-35(45)33-27-13-5-8-16-30(27)46-37(33)34-28-14-6-9-17-31(28)47-36(32)34/h1-21H. The van der Waals surface area contributed by atoms with E-state index in [1.807, 2.05) is 91.0 Å². The second-order valence-electron chi connectivity index (χ2n) is 11.5. The SMILES string of the molecule is N#Cc1ccc(-c2nc(-c3ccccc3)nc(-n3c4ccccc4c4c5oc6ccccc6c5c5oc6ccccc6c5c43)n2)cc1. The fourth-order valence-electron chi connectivity index (χ4n) is 6.82. The molecule has 0 saturated heterocycles. The van der Waals surface area contributed by atoms with Crippen LogP contribution in [-0.4, -0.2) is 19.5 Å². The van der Waals surface area contributed by atoms with Gasteiger partial charge in [-0.1, -0.05) is 84.9 Å².